The molecule has 3 rings (SSSR count). The SMILES string of the molecule is CC1CCC(NC(=O)CSc2nnc(-c3ccco3)n2C)CC1. The number of nitrogens with zero attached hydrogens (tertiary/aromatic N) is 3. The van der Waals surface area contributed by atoms with Crippen molar-refractivity contribution in [1.82, 2.24) is 20.1 Å². The van der Waals surface area contributed by atoms with Gasteiger partial charge >= 0.3 is 0 Å². The molecule has 7 heteroatoms. The van der Waals surface area contributed by atoms with Gasteiger partial charge < -0.3 is 14.3 Å². The number of amides is 1. The third-order valence-corrected chi connectivity index (χ3v) is 5.31. The monoisotopic (exact) mass is 334 g/mol. The first kappa shape index (κ1) is 16.1. The zero-order valence-electron chi connectivity index (χ0n) is 13.5. The molecule has 1 aliphatic rings. The Morgan fingerprint density at radius 1 is 1.39 bits per heavy atom. The van der Waals surface area contributed by atoms with Crippen LogP contribution in [0.2, 0.25) is 0 Å². The van der Waals surface area contributed by atoms with Crippen LogP contribution in [0.3, 0.4) is 0 Å². The summed E-state index contributed by atoms with van der Waals surface area (Å²) < 4.78 is 7.18. The van der Waals surface area contributed by atoms with Gasteiger partial charge in [0.15, 0.2) is 16.7 Å². The minimum atomic E-state index is 0.0668. The minimum absolute atomic E-state index is 0.0668. The molecule has 2 aromatic heterocycles. The summed E-state index contributed by atoms with van der Waals surface area (Å²) in [5.41, 5.74) is 0. The van der Waals surface area contributed by atoms with Crippen molar-refractivity contribution in [2.24, 2.45) is 13.0 Å². The molecule has 1 amide bonds. The maximum Gasteiger partial charge on any atom is 0.230 e. The zero-order valence-corrected chi connectivity index (χ0v) is 14.3. The first-order chi connectivity index (χ1) is 11.1. The number of rotatable bonds is 5. The van der Waals surface area contributed by atoms with Gasteiger partial charge in [-0.05, 0) is 43.7 Å². The molecule has 0 spiro atoms. The van der Waals surface area contributed by atoms with Gasteiger partial charge in [0.2, 0.25) is 5.91 Å². The second kappa shape index (κ2) is 7.21. The zero-order chi connectivity index (χ0) is 16.2. The molecular weight excluding hydrogens is 312 g/mol. The third-order valence-electron chi connectivity index (χ3n) is 4.29. The van der Waals surface area contributed by atoms with E-state index in [1.165, 1.54) is 24.6 Å². The van der Waals surface area contributed by atoms with Gasteiger partial charge in [-0.1, -0.05) is 18.7 Å². The fraction of sp³-hybridized carbons (Fsp3) is 0.562. The van der Waals surface area contributed by atoms with E-state index in [2.05, 4.69) is 22.4 Å². The molecule has 1 aliphatic carbocycles. The highest BCUT2D eigenvalue weighted by molar-refractivity contribution is 7.99. The molecule has 0 unspecified atom stereocenters. The Balaban J connectivity index is 1.51. The van der Waals surface area contributed by atoms with Crippen LogP contribution in [0, 0.1) is 5.92 Å². The van der Waals surface area contributed by atoms with E-state index in [1.807, 2.05) is 23.7 Å². The number of nitrogens with one attached hydrogen (secondary N) is 1. The lowest BCUT2D eigenvalue weighted by molar-refractivity contribution is -0.119. The fourth-order valence-corrected chi connectivity index (χ4v) is 3.59. The molecule has 0 radical (unpaired) electrons. The van der Waals surface area contributed by atoms with Crippen LogP contribution in [-0.2, 0) is 11.8 Å². The van der Waals surface area contributed by atoms with Gasteiger partial charge in [-0.25, -0.2) is 0 Å². The minimum Gasteiger partial charge on any atom is -0.461 e. The molecule has 23 heavy (non-hydrogen) atoms. The van der Waals surface area contributed by atoms with E-state index in [-0.39, 0.29) is 5.91 Å². The Hall–Kier alpha value is -1.76. The van der Waals surface area contributed by atoms with E-state index in [0.717, 1.165) is 18.8 Å². The summed E-state index contributed by atoms with van der Waals surface area (Å²) >= 11 is 1.40. The van der Waals surface area contributed by atoms with E-state index in [9.17, 15) is 4.79 Å². The van der Waals surface area contributed by atoms with Crippen LogP contribution in [0.15, 0.2) is 28.0 Å². The summed E-state index contributed by atoms with van der Waals surface area (Å²) in [6.07, 6.45) is 6.19. The van der Waals surface area contributed by atoms with Gasteiger partial charge in [0, 0.05) is 13.1 Å². The summed E-state index contributed by atoms with van der Waals surface area (Å²) in [5.74, 6) is 2.55. The molecule has 6 nitrogen and oxygen atoms in total. The molecule has 2 aromatic rings. The fourth-order valence-electron chi connectivity index (χ4n) is 2.86. The normalized spacial score (nSPS) is 21.3. The smallest absolute Gasteiger partial charge is 0.230 e. The number of aromatic nitrogens is 3. The Morgan fingerprint density at radius 2 is 2.17 bits per heavy atom. The summed E-state index contributed by atoms with van der Waals surface area (Å²) in [5, 5.41) is 12.1. The first-order valence-corrected chi connectivity index (χ1v) is 8.97. The summed E-state index contributed by atoms with van der Waals surface area (Å²) in [6.45, 7) is 2.28. The lowest BCUT2D eigenvalue weighted by atomic mass is 9.87. The summed E-state index contributed by atoms with van der Waals surface area (Å²) in [4.78, 5) is 12.1. The Labute approximate surface area is 140 Å². The van der Waals surface area contributed by atoms with Gasteiger partial charge in [-0.2, -0.15) is 0 Å². The van der Waals surface area contributed by atoms with Crippen LogP contribution in [0.25, 0.3) is 11.6 Å². The molecule has 0 aliphatic heterocycles. The van der Waals surface area contributed by atoms with Crippen LogP contribution in [0.1, 0.15) is 32.6 Å². The van der Waals surface area contributed by atoms with Crippen molar-refractivity contribution < 1.29 is 9.21 Å². The van der Waals surface area contributed by atoms with Crippen molar-refractivity contribution in [2.45, 2.75) is 43.8 Å². The van der Waals surface area contributed by atoms with E-state index in [1.54, 1.807) is 6.26 Å². The summed E-state index contributed by atoms with van der Waals surface area (Å²) in [7, 11) is 1.88. The van der Waals surface area contributed by atoms with Crippen LogP contribution >= 0.6 is 11.8 Å². The largest absolute Gasteiger partial charge is 0.461 e. The molecule has 1 saturated carbocycles. The van der Waals surface area contributed by atoms with Crippen molar-refractivity contribution in [2.75, 3.05) is 5.75 Å². The van der Waals surface area contributed by atoms with Crippen LogP contribution < -0.4 is 5.32 Å². The number of carbonyl (C=O) groups excluding carboxylic acids is 1. The molecule has 0 atom stereocenters. The quantitative estimate of drug-likeness (QED) is 0.851. The molecule has 124 valence electrons. The number of furan rings is 1. The lowest BCUT2D eigenvalue weighted by Gasteiger charge is -2.26. The van der Waals surface area contributed by atoms with E-state index >= 15 is 0 Å². The highest BCUT2D eigenvalue weighted by Gasteiger charge is 2.20. The predicted octanol–water partition coefficient (Wildman–Crippen LogP) is 2.86. The van der Waals surface area contributed by atoms with Crippen molar-refractivity contribution in [3.8, 4) is 11.6 Å². The average molecular weight is 334 g/mol. The number of hydrogen-bond donors (Lipinski definition) is 1. The second-order valence-electron chi connectivity index (χ2n) is 6.16. The molecule has 0 saturated heterocycles. The van der Waals surface area contributed by atoms with Crippen molar-refractivity contribution in [3.05, 3.63) is 18.4 Å². The Morgan fingerprint density at radius 3 is 2.87 bits per heavy atom. The molecule has 0 bridgehead atoms. The predicted molar refractivity (Wildman–Crippen MR) is 89.0 cm³/mol. The van der Waals surface area contributed by atoms with Gasteiger partial charge in [0.1, 0.15) is 0 Å². The highest BCUT2D eigenvalue weighted by Crippen LogP contribution is 2.25. The Kier molecular flexibility index (Phi) is 5.05. The van der Waals surface area contributed by atoms with Gasteiger partial charge in [0.05, 0.1) is 12.0 Å². The van der Waals surface area contributed by atoms with Crippen LogP contribution in [0.4, 0.5) is 0 Å². The van der Waals surface area contributed by atoms with E-state index < -0.39 is 0 Å². The second-order valence-corrected chi connectivity index (χ2v) is 7.10. The molecular formula is C16H22N4O2S. The average Bonchev–Trinajstić information content (AvgIpc) is 3.17. The van der Waals surface area contributed by atoms with Gasteiger partial charge in [0.25, 0.3) is 0 Å². The standard InChI is InChI=1S/C16H22N4O2S/c1-11-5-7-12(8-6-11)17-14(21)10-23-16-19-18-15(20(16)2)13-4-3-9-22-13/h3-4,9,11-12H,5-8,10H2,1-2H3,(H,17,21). The maximum atomic E-state index is 12.1. The van der Waals surface area contributed by atoms with Crippen molar-refractivity contribution in [1.29, 1.82) is 0 Å². The molecule has 0 aromatic carbocycles. The lowest BCUT2D eigenvalue weighted by Crippen LogP contribution is -2.38. The third kappa shape index (κ3) is 3.96. The van der Waals surface area contributed by atoms with E-state index in [4.69, 9.17) is 4.42 Å². The first-order valence-electron chi connectivity index (χ1n) is 7.99. The van der Waals surface area contributed by atoms with E-state index in [0.29, 0.717) is 28.5 Å². The summed E-state index contributed by atoms with van der Waals surface area (Å²) in [6, 6.07) is 3.99. The van der Waals surface area contributed by atoms with Crippen molar-refractivity contribution in [3.63, 3.8) is 0 Å². The van der Waals surface area contributed by atoms with Gasteiger partial charge in [-0.3, -0.25) is 4.79 Å². The maximum absolute atomic E-state index is 12.1. The molecule has 1 fully saturated rings. The van der Waals surface area contributed by atoms with Crippen LogP contribution in [-0.4, -0.2) is 32.5 Å². The van der Waals surface area contributed by atoms with Gasteiger partial charge in [-0.15, -0.1) is 10.2 Å². The Bertz CT molecular complexity index is 645. The highest BCUT2D eigenvalue weighted by atomic mass is 32.2. The van der Waals surface area contributed by atoms with Crippen LogP contribution in [0.5, 0.6) is 0 Å². The number of carbonyl (C=O) groups is 1. The molecule has 2 heterocycles. The number of thioether (sulfide) groups is 1. The topological polar surface area (TPSA) is 73.0 Å². The number of hydrogen-bond acceptors (Lipinski definition) is 5. The van der Waals surface area contributed by atoms with Crippen molar-refractivity contribution >= 4 is 17.7 Å². The molecule has 1 N–H and O–H groups in total.